The summed E-state index contributed by atoms with van der Waals surface area (Å²) < 4.78 is 38.1. The second kappa shape index (κ2) is 12.6. The van der Waals surface area contributed by atoms with E-state index in [1.165, 1.54) is 31.4 Å². The van der Waals surface area contributed by atoms with Gasteiger partial charge in [-0.15, -0.1) is 6.58 Å². The maximum absolute atomic E-state index is 13.5. The molecular weight excluding hydrogens is 573 g/mol. The van der Waals surface area contributed by atoms with E-state index < -0.39 is 33.4 Å². The number of nitro groups is 1. The van der Waals surface area contributed by atoms with Gasteiger partial charge in [0.2, 0.25) is 0 Å². The third kappa shape index (κ3) is 7.05. The van der Waals surface area contributed by atoms with Gasteiger partial charge in [-0.1, -0.05) is 29.3 Å². The number of carbonyl (C=O) groups excluding carboxylic acids is 2. The molecule has 0 aromatic heterocycles. The Morgan fingerprint density at radius 3 is 2.36 bits per heavy atom. The zero-order valence-electron chi connectivity index (χ0n) is 20.3. The fourth-order valence-electron chi connectivity index (χ4n) is 3.27. The summed E-state index contributed by atoms with van der Waals surface area (Å²) in [5.74, 6) is -1.39. The molecule has 3 aromatic rings. The van der Waals surface area contributed by atoms with Gasteiger partial charge in [0.1, 0.15) is 5.75 Å². The van der Waals surface area contributed by atoms with Crippen molar-refractivity contribution in [3.05, 3.63) is 99.0 Å². The average Bonchev–Trinajstić information content (AvgIpc) is 2.91. The number of rotatable bonds is 11. The molecule has 0 atom stereocenters. The number of halogens is 2. The number of nitrogens with zero attached hydrogens (tertiary/aromatic N) is 2. The molecule has 0 fully saturated rings. The van der Waals surface area contributed by atoms with E-state index in [1.54, 1.807) is 24.3 Å². The number of hydrogen-bond acceptors (Lipinski definition) is 8. The zero-order valence-corrected chi connectivity index (χ0v) is 22.6. The van der Waals surface area contributed by atoms with Crippen LogP contribution in [-0.2, 0) is 19.6 Å². The lowest BCUT2D eigenvalue weighted by atomic mass is 10.2. The molecule has 0 radical (unpaired) electrons. The van der Waals surface area contributed by atoms with Gasteiger partial charge in [0, 0.05) is 12.1 Å². The topological polar surface area (TPSA) is 145 Å². The fourth-order valence-corrected chi connectivity index (χ4v) is 5.10. The number of hydrogen-bond donors (Lipinski definition) is 1. The van der Waals surface area contributed by atoms with E-state index in [-0.39, 0.29) is 38.4 Å². The summed E-state index contributed by atoms with van der Waals surface area (Å²) >= 11 is 12.1. The Bertz CT molecular complexity index is 1530. The first-order chi connectivity index (χ1) is 18.5. The lowest BCUT2D eigenvalue weighted by Gasteiger charge is -2.23. The molecule has 1 amide bonds. The van der Waals surface area contributed by atoms with Crippen LogP contribution in [0.3, 0.4) is 0 Å². The average molecular weight is 594 g/mol. The minimum Gasteiger partial charge on any atom is -0.497 e. The smallest absolute Gasteiger partial charge is 0.340 e. The summed E-state index contributed by atoms with van der Waals surface area (Å²) in [6.45, 7) is 2.73. The normalized spacial score (nSPS) is 10.8. The Labute approximate surface area is 233 Å². The van der Waals surface area contributed by atoms with E-state index in [2.05, 4.69) is 11.9 Å². The van der Waals surface area contributed by atoms with Gasteiger partial charge in [-0.25, -0.2) is 13.2 Å². The zero-order chi connectivity index (χ0) is 28.7. The molecule has 0 bridgehead atoms. The predicted octanol–water partition coefficient (Wildman–Crippen LogP) is 5.09. The van der Waals surface area contributed by atoms with E-state index in [0.717, 1.165) is 22.5 Å². The molecule has 0 saturated carbocycles. The van der Waals surface area contributed by atoms with Gasteiger partial charge in [-0.05, 0) is 48.5 Å². The number of non-ortho nitro benzene ring substituents is 1. The SMILES string of the molecule is C=CCN(c1ccc(OC)cc1)S(=O)(=O)c1ccc(Cl)c(C(=O)OCC(=O)Nc2cc([N+](=O)[O-])ccc2Cl)c1. The van der Waals surface area contributed by atoms with E-state index in [1.807, 2.05) is 0 Å². The maximum Gasteiger partial charge on any atom is 0.340 e. The van der Waals surface area contributed by atoms with E-state index in [0.29, 0.717) is 11.4 Å². The number of ether oxygens (including phenoxy) is 2. The predicted molar refractivity (Wildman–Crippen MR) is 146 cm³/mol. The summed E-state index contributed by atoms with van der Waals surface area (Å²) in [4.78, 5) is 35.0. The van der Waals surface area contributed by atoms with Crippen LogP contribution >= 0.6 is 23.2 Å². The summed E-state index contributed by atoms with van der Waals surface area (Å²) in [5, 5.41) is 13.2. The van der Waals surface area contributed by atoms with Crippen molar-refractivity contribution in [3.63, 3.8) is 0 Å². The monoisotopic (exact) mass is 593 g/mol. The summed E-state index contributed by atoms with van der Waals surface area (Å²) in [7, 11) is -2.71. The highest BCUT2D eigenvalue weighted by atomic mass is 35.5. The highest BCUT2D eigenvalue weighted by Gasteiger charge is 2.27. The number of esters is 1. The number of amides is 1. The number of carbonyl (C=O) groups is 2. The number of anilines is 2. The molecule has 1 N–H and O–H groups in total. The molecular formula is C25H21Cl2N3O8S. The second-order valence-corrected chi connectivity index (χ2v) is 10.4. The van der Waals surface area contributed by atoms with Crippen molar-refractivity contribution in [2.24, 2.45) is 0 Å². The first kappa shape index (κ1) is 29.4. The van der Waals surface area contributed by atoms with Crippen molar-refractivity contribution in [2.75, 3.05) is 29.9 Å². The van der Waals surface area contributed by atoms with E-state index >= 15 is 0 Å². The molecule has 39 heavy (non-hydrogen) atoms. The Hall–Kier alpha value is -4.13. The van der Waals surface area contributed by atoms with Crippen molar-refractivity contribution < 1.29 is 32.4 Å². The van der Waals surface area contributed by atoms with Crippen molar-refractivity contribution in [2.45, 2.75) is 4.90 Å². The van der Waals surface area contributed by atoms with Crippen LogP contribution in [-0.4, -0.2) is 45.5 Å². The number of methoxy groups -OCH3 is 1. The van der Waals surface area contributed by atoms with Crippen LogP contribution in [0.5, 0.6) is 5.75 Å². The summed E-state index contributed by atoms with van der Waals surface area (Å²) in [5.41, 5.74) is -0.339. The highest BCUT2D eigenvalue weighted by Crippen LogP contribution is 2.29. The molecule has 0 saturated heterocycles. The van der Waals surface area contributed by atoms with E-state index in [9.17, 15) is 28.1 Å². The van der Waals surface area contributed by atoms with E-state index in [4.69, 9.17) is 32.7 Å². The van der Waals surface area contributed by atoms with Gasteiger partial charge in [0.05, 0.1) is 50.5 Å². The second-order valence-electron chi connectivity index (χ2n) is 7.71. The van der Waals surface area contributed by atoms with Crippen molar-refractivity contribution in [1.82, 2.24) is 0 Å². The number of nitro benzene ring substituents is 1. The lowest BCUT2D eigenvalue weighted by molar-refractivity contribution is -0.384. The largest absolute Gasteiger partial charge is 0.497 e. The Morgan fingerprint density at radius 2 is 1.74 bits per heavy atom. The highest BCUT2D eigenvalue weighted by molar-refractivity contribution is 7.92. The third-order valence-electron chi connectivity index (χ3n) is 5.17. The molecule has 11 nitrogen and oxygen atoms in total. The van der Waals surface area contributed by atoms with Crippen LogP contribution in [0.2, 0.25) is 10.0 Å². The van der Waals surface area contributed by atoms with Crippen LogP contribution < -0.4 is 14.4 Å². The molecule has 0 aliphatic carbocycles. The lowest BCUT2D eigenvalue weighted by Crippen LogP contribution is -2.31. The van der Waals surface area contributed by atoms with Crippen LogP contribution in [0.1, 0.15) is 10.4 Å². The number of benzene rings is 3. The van der Waals surface area contributed by atoms with Crippen LogP contribution in [0.25, 0.3) is 0 Å². The number of nitrogens with one attached hydrogen (secondary N) is 1. The molecule has 0 heterocycles. The standard InChI is InChI=1S/C25H21Cl2N3O8S/c1-3-12-29(16-4-7-18(37-2)8-5-16)39(35,36)19-9-11-21(26)20(14-19)25(32)38-15-24(31)28-23-13-17(30(33)34)6-10-22(23)27/h3-11,13-14H,1,12,15H2,2H3,(H,28,31). The van der Waals surface area contributed by atoms with Crippen molar-refractivity contribution in [3.8, 4) is 5.75 Å². The summed E-state index contributed by atoms with van der Waals surface area (Å²) in [6, 6.07) is 13.2. The van der Waals surface area contributed by atoms with Crippen molar-refractivity contribution in [1.29, 1.82) is 0 Å². The quantitative estimate of drug-likeness (QED) is 0.140. The first-order valence-electron chi connectivity index (χ1n) is 11.0. The van der Waals surface area contributed by atoms with Gasteiger partial charge in [-0.3, -0.25) is 19.2 Å². The molecule has 0 spiro atoms. The van der Waals surface area contributed by atoms with Crippen LogP contribution in [0.4, 0.5) is 17.1 Å². The van der Waals surface area contributed by atoms with Crippen LogP contribution in [0, 0.1) is 10.1 Å². The van der Waals surface area contributed by atoms with Gasteiger partial charge in [0.15, 0.2) is 6.61 Å². The van der Waals surface area contributed by atoms with Crippen LogP contribution in [0.15, 0.2) is 78.2 Å². The molecule has 0 unspecified atom stereocenters. The molecule has 204 valence electrons. The minimum atomic E-state index is -4.19. The first-order valence-corrected chi connectivity index (χ1v) is 13.2. The summed E-state index contributed by atoms with van der Waals surface area (Å²) in [6.07, 6.45) is 1.40. The maximum atomic E-state index is 13.5. The Kier molecular flexibility index (Phi) is 9.51. The molecule has 3 rings (SSSR count). The minimum absolute atomic E-state index is 0.0298. The van der Waals surface area contributed by atoms with Gasteiger partial charge >= 0.3 is 5.97 Å². The molecule has 3 aromatic carbocycles. The van der Waals surface area contributed by atoms with Gasteiger partial charge in [0.25, 0.3) is 21.6 Å². The number of sulfonamides is 1. The van der Waals surface area contributed by atoms with Gasteiger partial charge < -0.3 is 14.8 Å². The Morgan fingerprint density at radius 1 is 1.08 bits per heavy atom. The van der Waals surface area contributed by atoms with Gasteiger partial charge in [-0.2, -0.15) is 0 Å². The third-order valence-corrected chi connectivity index (χ3v) is 7.62. The van der Waals surface area contributed by atoms with Crippen molar-refractivity contribution >= 4 is 62.2 Å². The molecule has 0 aliphatic rings. The Balaban J connectivity index is 1.79. The fraction of sp³-hybridized carbons (Fsp3) is 0.120. The molecule has 14 heteroatoms. The molecule has 0 aliphatic heterocycles.